The molecule has 5 atom stereocenters. The monoisotopic (exact) mass is 820 g/mol. The Morgan fingerprint density at radius 1 is 0.850 bits per heavy atom. The molecular formula is C41H39F3N12O4. The Morgan fingerprint density at radius 2 is 1.70 bits per heavy atom. The first-order valence-electron chi connectivity index (χ1n) is 20.0. The number of methoxy groups -OCH3 is 1. The highest BCUT2D eigenvalue weighted by Gasteiger charge is 2.55. The van der Waals surface area contributed by atoms with E-state index in [4.69, 9.17) is 24.4 Å². The topological polar surface area (TPSA) is 153 Å². The number of nitrogens with zero attached hydrogens (tertiary/aromatic N) is 12. The van der Waals surface area contributed by atoms with Crippen molar-refractivity contribution in [2.75, 3.05) is 43.6 Å². The highest BCUT2D eigenvalue weighted by atomic mass is 19.1. The maximum absolute atomic E-state index is 15.4. The van der Waals surface area contributed by atoms with Gasteiger partial charge in [0.15, 0.2) is 11.5 Å². The molecule has 1 saturated carbocycles. The first kappa shape index (κ1) is 36.7. The van der Waals surface area contributed by atoms with E-state index >= 15 is 8.78 Å². The predicted molar refractivity (Wildman–Crippen MR) is 210 cm³/mol. The number of carbonyl (C=O) groups is 2. The van der Waals surface area contributed by atoms with E-state index in [1.165, 1.54) is 29.1 Å². The molecule has 0 spiro atoms. The van der Waals surface area contributed by atoms with Crippen LogP contribution in [0.3, 0.4) is 0 Å². The second-order valence-electron chi connectivity index (χ2n) is 16.3. The number of aromatic nitrogens is 8. The minimum atomic E-state index is -0.845. The van der Waals surface area contributed by atoms with Gasteiger partial charge in [0.05, 0.1) is 53.5 Å². The molecule has 2 amide bonds. The lowest BCUT2D eigenvalue weighted by molar-refractivity contribution is -0.140. The third-order valence-corrected chi connectivity index (χ3v) is 12.5. The minimum absolute atomic E-state index is 0.0210. The van der Waals surface area contributed by atoms with Crippen molar-refractivity contribution < 1.29 is 32.2 Å². The van der Waals surface area contributed by atoms with Gasteiger partial charge < -0.3 is 33.6 Å². The molecule has 308 valence electrons. The van der Waals surface area contributed by atoms with E-state index in [2.05, 4.69) is 15.1 Å². The van der Waals surface area contributed by atoms with Crippen LogP contribution < -0.4 is 14.5 Å². The summed E-state index contributed by atoms with van der Waals surface area (Å²) in [6.07, 6.45) is 4.73. The third-order valence-electron chi connectivity index (χ3n) is 12.5. The smallest absolute Gasteiger partial charge is 0.317 e. The summed E-state index contributed by atoms with van der Waals surface area (Å²) in [5, 5.41) is 4.92. The normalized spacial score (nSPS) is 24.2. The molecule has 4 saturated heterocycles. The molecule has 6 aromatic rings. The molecule has 9 heterocycles. The number of piperazine rings is 1. The van der Waals surface area contributed by atoms with Crippen LogP contribution in [0.4, 0.5) is 24.9 Å². The SMILES string of the molecule is CO[C@@H]1CN(C)C(=O)[C@@H]2C[C@@H](CN2c2nc(N3C4C[C@@H]3CN(C3CC3)C4=O)nc3c2cnn3-c2ccc(F)cc2F)Oc2nccc(n2)-c2cc(F)cc3nc(C)n(c23)C1. The first-order chi connectivity index (χ1) is 29.0. The van der Waals surface area contributed by atoms with E-state index in [-0.39, 0.29) is 66.7 Å². The average Bonchev–Trinajstić information content (AvgIpc) is 3.73. The number of anilines is 2. The molecule has 2 aromatic carbocycles. The molecule has 0 radical (unpaired) electrons. The van der Waals surface area contributed by atoms with E-state index < -0.39 is 41.7 Å². The number of aryl methyl sites for hydroxylation is 1. The molecule has 6 bridgehead atoms. The quantitative estimate of drug-likeness (QED) is 0.249. The number of halogens is 3. The van der Waals surface area contributed by atoms with Gasteiger partial charge in [0, 0.05) is 63.6 Å². The molecular weight excluding hydrogens is 782 g/mol. The molecule has 5 aliphatic heterocycles. The number of rotatable bonds is 5. The number of hydrogen-bond acceptors (Lipinski definition) is 12. The number of fused-ring (bicyclic) bond motifs is 8. The van der Waals surface area contributed by atoms with Crippen molar-refractivity contribution in [1.29, 1.82) is 0 Å². The summed E-state index contributed by atoms with van der Waals surface area (Å²) in [5.41, 5.74) is 2.22. The second-order valence-corrected chi connectivity index (χ2v) is 16.3. The van der Waals surface area contributed by atoms with Gasteiger partial charge in [-0.3, -0.25) is 9.59 Å². The van der Waals surface area contributed by atoms with E-state index in [9.17, 15) is 14.0 Å². The van der Waals surface area contributed by atoms with E-state index in [1.54, 1.807) is 31.3 Å². The highest BCUT2D eigenvalue weighted by Crippen LogP contribution is 2.43. The molecule has 19 heteroatoms. The molecule has 60 heavy (non-hydrogen) atoms. The first-order valence-corrected chi connectivity index (χ1v) is 20.0. The van der Waals surface area contributed by atoms with Gasteiger partial charge in [-0.1, -0.05) is 0 Å². The Bertz CT molecular complexity index is 2760. The maximum Gasteiger partial charge on any atom is 0.317 e. The maximum atomic E-state index is 15.4. The number of imidazole rings is 1. The lowest BCUT2D eigenvalue weighted by Gasteiger charge is -2.55. The van der Waals surface area contributed by atoms with Crippen molar-refractivity contribution >= 4 is 45.6 Å². The van der Waals surface area contributed by atoms with Crippen LogP contribution in [0.2, 0.25) is 0 Å². The van der Waals surface area contributed by atoms with E-state index in [0.717, 1.165) is 25.0 Å². The Kier molecular flexibility index (Phi) is 8.31. The van der Waals surface area contributed by atoms with Gasteiger partial charge in [-0.15, -0.1) is 0 Å². The summed E-state index contributed by atoms with van der Waals surface area (Å²) in [4.78, 5) is 59.7. The average molecular weight is 821 g/mol. The molecule has 16 nitrogen and oxygen atoms in total. The summed E-state index contributed by atoms with van der Waals surface area (Å²) in [6, 6.07) is 6.62. The molecule has 5 fully saturated rings. The van der Waals surface area contributed by atoms with Crippen LogP contribution >= 0.6 is 0 Å². The summed E-state index contributed by atoms with van der Waals surface area (Å²) < 4.78 is 60.3. The summed E-state index contributed by atoms with van der Waals surface area (Å²) in [6.45, 7) is 3.00. The van der Waals surface area contributed by atoms with Crippen molar-refractivity contribution in [3.63, 3.8) is 0 Å². The van der Waals surface area contributed by atoms with Crippen LogP contribution in [0.5, 0.6) is 6.01 Å². The van der Waals surface area contributed by atoms with Gasteiger partial charge in [0.25, 0.3) is 0 Å². The number of piperidine rings is 1. The fourth-order valence-electron chi connectivity index (χ4n) is 9.43. The number of carbonyl (C=O) groups excluding carboxylic acids is 2. The van der Waals surface area contributed by atoms with Crippen LogP contribution in [-0.2, 0) is 20.9 Å². The summed E-state index contributed by atoms with van der Waals surface area (Å²) >= 11 is 0. The van der Waals surface area contributed by atoms with Crippen LogP contribution in [0.1, 0.15) is 31.5 Å². The zero-order chi connectivity index (χ0) is 41.1. The second kappa shape index (κ2) is 13.6. The number of amides is 2. The van der Waals surface area contributed by atoms with Crippen molar-refractivity contribution in [3.8, 4) is 23.0 Å². The number of benzene rings is 2. The van der Waals surface area contributed by atoms with Gasteiger partial charge in [-0.25, -0.2) is 27.8 Å². The summed E-state index contributed by atoms with van der Waals surface area (Å²) in [7, 11) is 3.29. The Morgan fingerprint density at radius 3 is 2.48 bits per heavy atom. The lowest BCUT2D eigenvalue weighted by Crippen LogP contribution is -2.72. The minimum Gasteiger partial charge on any atom is -0.458 e. The molecule has 6 aliphatic rings. The Balaban J connectivity index is 1.04. The molecule has 1 unspecified atom stereocenters. The number of ether oxygens (including phenoxy) is 2. The molecule has 0 N–H and O–H groups in total. The van der Waals surface area contributed by atoms with E-state index in [0.29, 0.717) is 58.8 Å². The van der Waals surface area contributed by atoms with Crippen LogP contribution in [0.15, 0.2) is 48.8 Å². The Hall–Kier alpha value is -6.37. The Labute approximate surface area is 340 Å². The molecule has 12 rings (SSSR count). The highest BCUT2D eigenvalue weighted by molar-refractivity contribution is 5.95. The molecule has 1 aliphatic carbocycles. The van der Waals surface area contributed by atoms with Crippen molar-refractivity contribution in [1.82, 2.24) is 49.1 Å². The lowest BCUT2D eigenvalue weighted by atomic mass is 9.87. The zero-order valence-electron chi connectivity index (χ0n) is 32.9. The fraction of sp³-hybridized carbons (Fsp3) is 0.415. The predicted octanol–water partition coefficient (Wildman–Crippen LogP) is 3.81. The van der Waals surface area contributed by atoms with Gasteiger partial charge in [-0.05, 0) is 50.5 Å². The zero-order valence-corrected chi connectivity index (χ0v) is 32.9. The third kappa shape index (κ3) is 5.83. The van der Waals surface area contributed by atoms with Crippen LogP contribution in [-0.4, -0.2) is 131 Å². The fourth-order valence-corrected chi connectivity index (χ4v) is 9.43. The number of likely N-dealkylation sites (N-methyl/N-ethyl adjacent to an activating group) is 1. The van der Waals surface area contributed by atoms with Crippen molar-refractivity contribution in [3.05, 3.63) is 72.1 Å². The van der Waals surface area contributed by atoms with Gasteiger partial charge in [0.1, 0.15) is 47.2 Å². The van der Waals surface area contributed by atoms with Gasteiger partial charge in [-0.2, -0.15) is 20.1 Å². The van der Waals surface area contributed by atoms with Crippen LogP contribution in [0, 0.1) is 24.4 Å². The standard InChI is InChI=1S/C41H39F3N12O4/c1-20-47-31-12-22(43)10-27-30-8-9-45-41(48-30)60-25-14-33(38(57)51(2)17-26(59-3)19-52(20)35(27)31)54(18-25)36-28-15-46-56(32-7-4-21(42)11-29(32)44)37(28)50-40(49-36)55-24-13-34(55)39(58)53(16-24)23-5-6-23/h4,7-12,15,23-26,33-34H,5-6,13-14,16-19H2,1-3H3/t24-,25+,26-,33+,34?/m1/s1. The van der Waals surface area contributed by atoms with Crippen LogP contribution in [0.25, 0.3) is 39.0 Å². The van der Waals surface area contributed by atoms with Crippen molar-refractivity contribution in [2.45, 2.75) is 75.5 Å². The largest absolute Gasteiger partial charge is 0.458 e. The molecule has 4 aromatic heterocycles. The van der Waals surface area contributed by atoms with Gasteiger partial charge in [0.2, 0.25) is 17.8 Å². The number of hydrogen-bond donors (Lipinski definition) is 0. The summed E-state index contributed by atoms with van der Waals surface area (Å²) in [5.74, 6) is -1.09. The van der Waals surface area contributed by atoms with E-state index in [1.807, 2.05) is 26.2 Å². The van der Waals surface area contributed by atoms with Gasteiger partial charge >= 0.3 is 6.01 Å². The van der Waals surface area contributed by atoms with Crippen molar-refractivity contribution in [2.24, 2.45) is 0 Å².